The monoisotopic (exact) mass is 288 g/mol. The molecule has 0 saturated heterocycles. The van der Waals surface area contributed by atoms with Crippen LogP contribution in [0.1, 0.15) is 25.8 Å². The number of rotatable bonds is 8. The van der Waals surface area contributed by atoms with Gasteiger partial charge in [-0.15, -0.1) is 12.4 Å². The number of non-ortho nitro benzene ring substituents is 1. The van der Waals surface area contributed by atoms with Gasteiger partial charge in [-0.05, 0) is 32.4 Å². The molecule has 0 unspecified atom stereocenters. The van der Waals surface area contributed by atoms with E-state index in [-0.39, 0.29) is 29.1 Å². The van der Waals surface area contributed by atoms with Crippen molar-refractivity contribution in [1.29, 1.82) is 0 Å². The van der Waals surface area contributed by atoms with Gasteiger partial charge in [-0.3, -0.25) is 10.1 Å². The normalized spacial score (nSPS) is 10.3. The van der Waals surface area contributed by atoms with Crippen LogP contribution in [0.3, 0.4) is 0 Å². The van der Waals surface area contributed by atoms with Crippen LogP contribution in [0.15, 0.2) is 24.3 Å². The van der Waals surface area contributed by atoms with Crippen LogP contribution in [0.4, 0.5) is 5.69 Å². The highest BCUT2D eigenvalue weighted by Crippen LogP contribution is 2.11. The van der Waals surface area contributed by atoms with Gasteiger partial charge in [0.15, 0.2) is 0 Å². The van der Waals surface area contributed by atoms with Gasteiger partial charge in [-0.2, -0.15) is 0 Å². The second kappa shape index (κ2) is 9.72. The van der Waals surface area contributed by atoms with E-state index in [9.17, 15) is 10.1 Å². The summed E-state index contributed by atoms with van der Waals surface area (Å²) >= 11 is 0. The molecule has 0 aliphatic rings. The summed E-state index contributed by atoms with van der Waals surface area (Å²) in [6.07, 6.45) is 1.24. The topological polar surface area (TPSA) is 64.4 Å². The summed E-state index contributed by atoms with van der Waals surface area (Å²) in [4.78, 5) is 10.1. The van der Waals surface area contributed by atoms with Gasteiger partial charge in [0.1, 0.15) is 0 Å². The number of benzene rings is 1. The summed E-state index contributed by atoms with van der Waals surface area (Å²) in [5, 5.41) is 13.7. The quantitative estimate of drug-likeness (QED) is 0.454. The van der Waals surface area contributed by atoms with Crippen molar-refractivity contribution in [3.05, 3.63) is 39.9 Å². The molecule has 0 aromatic heterocycles. The highest BCUT2D eigenvalue weighted by Gasteiger charge is 2.03. The lowest BCUT2D eigenvalue weighted by atomic mass is 10.2. The van der Waals surface area contributed by atoms with Gasteiger partial charge in [-0.1, -0.05) is 12.1 Å². The van der Waals surface area contributed by atoms with E-state index in [1.54, 1.807) is 12.1 Å². The largest absolute Gasteiger partial charge is 0.379 e. The maximum absolute atomic E-state index is 10.5. The van der Waals surface area contributed by atoms with E-state index in [1.807, 2.05) is 13.8 Å². The Kier molecular flexibility index (Phi) is 9.12. The Morgan fingerprint density at radius 1 is 1.32 bits per heavy atom. The number of halogens is 1. The predicted molar refractivity (Wildman–Crippen MR) is 77.8 cm³/mol. The first kappa shape index (κ1) is 17.8. The third-order valence-electron chi connectivity index (χ3n) is 2.43. The van der Waals surface area contributed by atoms with Crippen molar-refractivity contribution in [3.63, 3.8) is 0 Å². The van der Waals surface area contributed by atoms with E-state index >= 15 is 0 Å². The number of hydrogen-bond donors (Lipinski definition) is 1. The number of ether oxygens (including phenoxy) is 1. The highest BCUT2D eigenvalue weighted by atomic mass is 35.5. The summed E-state index contributed by atoms with van der Waals surface area (Å²) in [6.45, 7) is 6.39. The molecule has 1 N–H and O–H groups in total. The molecule has 0 aliphatic carbocycles. The molecule has 0 bridgehead atoms. The zero-order valence-corrected chi connectivity index (χ0v) is 12.1. The fourth-order valence-corrected chi connectivity index (χ4v) is 1.48. The SMILES string of the molecule is CC(C)OCCCNCc1ccc([N+](=O)[O-])cc1.Cl. The highest BCUT2D eigenvalue weighted by molar-refractivity contribution is 5.85. The first-order chi connectivity index (χ1) is 8.59. The fourth-order valence-electron chi connectivity index (χ4n) is 1.48. The minimum absolute atomic E-state index is 0. The first-order valence-electron chi connectivity index (χ1n) is 6.15. The van der Waals surface area contributed by atoms with Crippen LogP contribution < -0.4 is 5.32 Å². The molecule has 0 heterocycles. The van der Waals surface area contributed by atoms with Crippen molar-refractivity contribution in [2.75, 3.05) is 13.2 Å². The van der Waals surface area contributed by atoms with E-state index < -0.39 is 0 Å². The molecule has 0 aliphatic heterocycles. The Balaban J connectivity index is 0.00000324. The molecule has 0 spiro atoms. The first-order valence-corrected chi connectivity index (χ1v) is 6.15. The molecule has 0 amide bonds. The lowest BCUT2D eigenvalue weighted by molar-refractivity contribution is -0.384. The van der Waals surface area contributed by atoms with E-state index in [2.05, 4.69) is 5.32 Å². The fraction of sp³-hybridized carbons (Fsp3) is 0.538. The molecule has 0 fully saturated rings. The molecule has 1 rings (SSSR count). The van der Waals surface area contributed by atoms with E-state index in [0.29, 0.717) is 0 Å². The van der Waals surface area contributed by atoms with E-state index in [1.165, 1.54) is 12.1 Å². The van der Waals surface area contributed by atoms with Crippen LogP contribution >= 0.6 is 12.4 Å². The Morgan fingerprint density at radius 2 is 1.95 bits per heavy atom. The summed E-state index contributed by atoms with van der Waals surface area (Å²) in [7, 11) is 0. The Hall–Kier alpha value is -1.17. The molecule has 0 radical (unpaired) electrons. The minimum Gasteiger partial charge on any atom is -0.379 e. The number of nitrogens with one attached hydrogen (secondary N) is 1. The summed E-state index contributed by atoms with van der Waals surface area (Å²) in [6, 6.07) is 6.60. The third kappa shape index (κ3) is 7.77. The van der Waals surface area contributed by atoms with Gasteiger partial charge in [0.25, 0.3) is 5.69 Å². The minimum atomic E-state index is -0.388. The average molecular weight is 289 g/mol. The zero-order valence-electron chi connectivity index (χ0n) is 11.3. The molecular formula is C13H21ClN2O3. The lowest BCUT2D eigenvalue weighted by Gasteiger charge is -2.08. The van der Waals surface area contributed by atoms with Crippen LogP contribution in [-0.2, 0) is 11.3 Å². The molecule has 0 atom stereocenters. The molecular weight excluding hydrogens is 268 g/mol. The Bertz CT molecular complexity index is 369. The van der Waals surface area contributed by atoms with Crippen molar-refractivity contribution in [2.45, 2.75) is 32.9 Å². The number of nitro benzene ring substituents is 1. The molecule has 0 saturated carbocycles. The van der Waals surface area contributed by atoms with Gasteiger partial charge in [0.05, 0.1) is 11.0 Å². The molecule has 19 heavy (non-hydrogen) atoms. The standard InChI is InChI=1S/C13H20N2O3.ClH/c1-11(2)18-9-3-8-14-10-12-4-6-13(7-5-12)15(16)17;/h4-7,11,14H,3,8-10H2,1-2H3;1H. The van der Waals surface area contributed by atoms with Gasteiger partial charge < -0.3 is 10.1 Å². The van der Waals surface area contributed by atoms with Crippen LogP contribution in [-0.4, -0.2) is 24.2 Å². The van der Waals surface area contributed by atoms with Crippen LogP contribution in [0.25, 0.3) is 0 Å². The van der Waals surface area contributed by atoms with Gasteiger partial charge in [0, 0.05) is 25.3 Å². The van der Waals surface area contributed by atoms with Gasteiger partial charge >= 0.3 is 0 Å². The third-order valence-corrected chi connectivity index (χ3v) is 2.43. The maximum atomic E-state index is 10.5. The van der Waals surface area contributed by atoms with Crippen molar-refractivity contribution in [2.24, 2.45) is 0 Å². The summed E-state index contributed by atoms with van der Waals surface area (Å²) < 4.78 is 5.42. The van der Waals surface area contributed by atoms with Crippen molar-refractivity contribution < 1.29 is 9.66 Å². The smallest absolute Gasteiger partial charge is 0.269 e. The zero-order chi connectivity index (χ0) is 13.4. The van der Waals surface area contributed by atoms with Crippen molar-refractivity contribution in [3.8, 4) is 0 Å². The van der Waals surface area contributed by atoms with E-state index in [0.717, 1.165) is 31.7 Å². The molecule has 1 aromatic carbocycles. The van der Waals surface area contributed by atoms with Gasteiger partial charge in [-0.25, -0.2) is 0 Å². The van der Waals surface area contributed by atoms with Crippen LogP contribution in [0.2, 0.25) is 0 Å². The number of hydrogen-bond acceptors (Lipinski definition) is 4. The van der Waals surface area contributed by atoms with E-state index in [4.69, 9.17) is 4.74 Å². The second-order valence-corrected chi connectivity index (χ2v) is 4.37. The summed E-state index contributed by atoms with van der Waals surface area (Å²) in [5.41, 5.74) is 1.18. The van der Waals surface area contributed by atoms with Crippen LogP contribution in [0.5, 0.6) is 0 Å². The van der Waals surface area contributed by atoms with Crippen LogP contribution in [0, 0.1) is 10.1 Å². The Morgan fingerprint density at radius 3 is 2.47 bits per heavy atom. The average Bonchev–Trinajstić information content (AvgIpc) is 2.34. The molecule has 5 nitrogen and oxygen atoms in total. The van der Waals surface area contributed by atoms with Crippen molar-refractivity contribution in [1.82, 2.24) is 5.32 Å². The lowest BCUT2D eigenvalue weighted by Crippen LogP contribution is -2.17. The number of nitrogens with zero attached hydrogens (tertiary/aromatic N) is 1. The molecule has 1 aromatic rings. The van der Waals surface area contributed by atoms with Gasteiger partial charge in [0.2, 0.25) is 0 Å². The Labute approximate surface area is 119 Å². The second-order valence-electron chi connectivity index (χ2n) is 4.37. The maximum Gasteiger partial charge on any atom is 0.269 e. The molecule has 6 heteroatoms. The predicted octanol–water partition coefficient (Wildman–Crippen LogP) is 2.92. The number of nitro groups is 1. The molecule has 108 valence electrons. The summed E-state index contributed by atoms with van der Waals surface area (Å²) in [5.74, 6) is 0. The van der Waals surface area contributed by atoms with Crippen molar-refractivity contribution >= 4 is 18.1 Å².